The fourth-order valence-electron chi connectivity index (χ4n) is 3.99. The molecule has 0 radical (unpaired) electrons. The van der Waals surface area contributed by atoms with E-state index >= 15 is 0 Å². The van der Waals surface area contributed by atoms with E-state index in [4.69, 9.17) is 9.72 Å². The van der Waals surface area contributed by atoms with Crippen molar-refractivity contribution in [3.05, 3.63) is 89.7 Å². The number of ether oxygens (including phenoxy) is 1. The zero-order chi connectivity index (χ0) is 24.1. The predicted molar refractivity (Wildman–Crippen MR) is 135 cm³/mol. The van der Waals surface area contributed by atoms with Crippen LogP contribution in [-0.4, -0.2) is 35.9 Å². The standard InChI is InChI=1S/C27H31N3O3S/c1-21-12-11-17-26(22(21)2)33-19-10-9-18-30-25-16-8-7-15-24(25)28-27(30)20-29(3)34(31,32)23-13-5-4-6-14-23/h4-8,11-17H,9-10,18-20H2,1-3H3. The van der Waals surface area contributed by atoms with Crippen LogP contribution in [0.3, 0.4) is 0 Å². The maximum atomic E-state index is 13.0. The van der Waals surface area contributed by atoms with Crippen LogP contribution in [-0.2, 0) is 23.1 Å². The quantitative estimate of drug-likeness (QED) is 0.290. The summed E-state index contributed by atoms with van der Waals surface area (Å²) >= 11 is 0. The van der Waals surface area contributed by atoms with Gasteiger partial charge in [-0.15, -0.1) is 0 Å². The lowest BCUT2D eigenvalue weighted by Crippen LogP contribution is -2.28. The first kappa shape index (κ1) is 24.0. The number of fused-ring (bicyclic) bond motifs is 1. The molecule has 1 heterocycles. The minimum atomic E-state index is -3.60. The summed E-state index contributed by atoms with van der Waals surface area (Å²) in [6, 6.07) is 22.5. The molecule has 0 saturated carbocycles. The molecule has 7 heteroatoms. The largest absolute Gasteiger partial charge is 0.493 e. The van der Waals surface area contributed by atoms with Crippen molar-refractivity contribution >= 4 is 21.1 Å². The van der Waals surface area contributed by atoms with Gasteiger partial charge in [0.05, 0.1) is 29.1 Å². The van der Waals surface area contributed by atoms with Gasteiger partial charge in [0.1, 0.15) is 11.6 Å². The molecule has 0 fully saturated rings. The molecule has 0 unspecified atom stereocenters. The van der Waals surface area contributed by atoms with Crippen LogP contribution in [0.4, 0.5) is 0 Å². The number of aryl methyl sites for hydroxylation is 2. The van der Waals surface area contributed by atoms with Crippen LogP contribution in [0.25, 0.3) is 11.0 Å². The number of unbranched alkanes of at least 4 members (excludes halogenated alkanes) is 1. The molecule has 3 aromatic carbocycles. The van der Waals surface area contributed by atoms with Crippen molar-refractivity contribution in [1.82, 2.24) is 13.9 Å². The van der Waals surface area contributed by atoms with E-state index in [1.165, 1.54) is 15.4 Å². The summed E-state index contributed by atoms with van der Waals surface area (Å²) in [5.41, 5.74) is 4.28. The van der Waals surface area contributed by atoms with Crippen LogP contribution >= 0.6 is 0 Å². The molecule has 0 bridgehead atoms. The summed E-state index contributed by atoms with van der Waals surface area (Å²) in [5, 5.41) is 0. The molecule has 0 atom stereocenters. The van der Waals surface area contributed by atoms with E-state index in [1.54, 1.807) is 31.3 Å². The van der Waals surface area contributed by atoms with Crippen molar-refractivity contribution in [2.75, 3.05) is 13.7 Å². The number of aromatic nitrogens is 2. The first-order chi connectivity index (χ1) is 16.4. The summed E-state index contributed by atoms with van der Waals surface area (Å²) in [6.07, 6.45) is 1.78. The third kappa shape index (κ3) is 5.16. The van der Waals surface area contributed by atoms with Gasteiger partial charge in [-0.1, -0.05) is 42.5 Å². The van der Waals surface area contributed by atoms with E-state index in [0.29, 0.717) is 6.61 Å². The van der Waals surface area contributed by atoms with Gasteiger partial charge in [-0.3, -0.25) is 0 Å². The van der Waals surface area contributed by atoms with Gasteiger partial charge < -0.3 is 9.30 Å². The summed E-state index contributed by atoms with van der Waals surface area (Å²) in [4.78, 5) is 5.03. The monoisotopic (exact) mass is 477 g/mol. The minimum absolute atomic E-state index is 0.199. The highest BCUT2D eigenvalue weighted by Crippen LogP contribution is 2.22. The van der Waals surface area contributed by atoms with Crippen LogP contribution in [0.2, 0.25) is 0 Å². The Bertz CT molecular complexity index is 1360. The molecule has 0 aliphatic carbocycles. The molecule has 0 aliphatic heterocycles. The first-order valence-electron chi connectivity index (χ1n) is 11.5. The Hall–Kier alpha value is -3.16. The maximum absolute atomic E-state index is 13.0. The highest BCUT2D eigenvalue weighted by molar-refractivity contribution is 7.89. The molecule has 1 aromatic heterocycles. The fourth-order valence-corrected chi connectivity index (χ4v) is 5.13. The van der Waals surface area contributed by atoms with E-state index in [-0.39, 0.29) is 11.4 Å². The molecule has 4 rings (SSSR count). The Morgan fingerprint density at radius 3 is 2.44 bits per heavy atom. The molecule has 0 spiro atoms. The molecule has 178 valence electrons. The zero-order valence-corrected chi connectivity index (χ0v) is 20.8. The van der Waals surface area contributed by atoms with Gasteiger partial charge in [0.15, 0.2) is 0 Å². The molecule has 0 saturated heterocycles. The third-order valence-electron chi connectivity index (χ3n) is 6.14. The fraction of sp³-hybridized carbons (Fsp3) is 0.296. The van der Waals surface area contributed by atoms with Crippen molar-refractivity contribution in [3.63, 3.8) is 0 Å². The number of benzene rings is 3. The Labute approximate surface area is 201 Å². The first-order valence-corrected chi connectivity index (χ1v) is 13.0. The number of hydrogen-bond donors (Lipinski definition) is 0. The van der Waals surface area contributed by atoms with Crippen molar-refractivity contribution in [3.8, 4) is 5.75 Å². The van der Waals surface area contributed by atoms with E-state index in [0.717, 1.165) is 42.0 Å². The highest BCUT2D eigenvalue weighted by atomic mass is 32.2. The molecule has 0 aliphatic rings. The molecule has 0 N–H and O–H groups in total. The maximum Gasteiger partial charge on any atom is 0.243 e. The number of nitrogens with zero attached hydrogens (tertiary/aromatic N) is 3. The molecular weight excluding hydrogens is 446 g/mol. The van der Waals surface area contributed by atoms with Gasteiger partial charge >= 0.3 is 0 Å². The van der Waals surface area contributed by atoms with E-state index in [2.05, 4.69) is 24.5 Å². The number of hydrogen-bond acceptors (Lipinski definition) is 4. The molecule has 4 aromatic rings. The Balaban J connectivity index is 1.45. The lowest BCUT2D eigenvalue weighted by molar-refractivity contribution is 0.301. The Kier molecular flexibility index (Phi) is 7.34. The highest BCUT2D eigenvalue weighted by Gasteiger charge is 2.23. The van der Waals surface area contributed by atoms with E-state index < -0.39 is 10.0 Å². The van der Waals surface area contributed by atoms with E-state index in [1.807, 2.05) is 42.5 Å². The van der Waals surface area contributed by atoms with Crippen LogP contribution in [0.1, 0.15) is 29.8 Å². The smallest absolute Gasteiger partial charge is 0.243 e. The Morgan fingerprint density at radius 2 is 1.65 bits per heavy atom. The second-order valence-electron chi connectivity index (χ2n) is 8.50. The summed E-state index contributed by atoms with van der Waals surface area (Å²) < 4.78 is 35.5. The molecular formula is C27H31N3O3S. The van der Waals surface area contributed by atoms with Gasteiger partial charge in [0.25, 0.3) is 0 Å². The predicted octanol–water partition coefficient (Wildman–Crippen LogP) is 5.33. The average Bonchev–Trinajstić information content (AvgIpc) is 3.19. The number of rotatable bonds is 10. The van der Waals surface area contributed by atoms with Gasteiger partial charge in [-0.25, -0.2) is 13.4 Å². The molecule has 34 heavy (non-hydrogen) atoms. The number of imidazole rings is 1. The third-order valence-corrected chi connectivity index (χ3v) is 7.96. The van der Waals surface area contributed by atoms with Crippen LogP contribution in [0.15, 0.2) is 77.7 Å². The van der Waals surface area contributed by atoms with Crippen molar-refractivity contribution in [1.29, 1.82) is 0 Å². The topological polar surface area (TPSA) is 64.4 Å². The number of para-hydroxylation sites is 2. The lowest BCUT2D eigenvalue weighted by Gasteiger charge is -2.18. The second kappa shape index (κ2) is 10.4. The average molecular weight is 478 g/mol. The normalized spacial score (nSPS) is 11.9. The van der Waals surface area contributed by atoms with Gasteiger partial charge in [0.2, 0.25) is 10.0 Å². The van der Waals surface area contributed by atoms with Crippen molar-refractivity contribution in [2.45, 2.75) is 44.7 Å². The van der Waals surface area contributed by atoms with Gasteiger partial charge in [0, 0.05) is 13.6 Å². The van der Waals surface area contributed by atoms with Gasteiger partial charge in [-0.2, -0.15) is 4.31 Å². The van der Waals surface area contributed by atoms with Crippen molar-refractivity contribution in [2.24, 2.45) is 0 Å². The van der Waals surface area contributed by atoms with Crippen molar-refractivity contribution < 1.29 is 13.2 Å². The Morgan fingerprint density at radius 1 is 0.912 bits per heavy atom. The van der Waals surface area contributed by atoms with Crippen LogP contribution < -0.4 is 4.74 Å². The minimum Gasteiger partial charge on any atom is -0.493 e. The summed E-state index contributed by atoms with van der Waals surface area (Å²) in [7, 11) is -2.00. The summed E-state index contributed by atoms with van der Waals surface area (Å²) in [5.74, 6) is 1.67. The van der Waals surface area contributed by atoms with Crippen LogP contribution in [0, 0.1) is 13.8 Å². The van der Waals surface area contributed by atoms with Gasteiger partial charge in [-0.05, 0) is 68.1 Å². The van der Waals surface area contributed by atoms with E-state index in [9.17, 15) is 8.42 Å². The molecule has 6 nitrogen and oxygen atoms in total. The SMILES string of the molecule is Cc1cccc(OCCCCn2c(CN(C)S(=O)(=O)c3ccccc3)nc3ccccc32)c1C. The lowest BCUT2D eigenvalue weighted by atomic mass is 10.1. The van der Waals surface area contributed by atoms with Crippen LogP contribution in [0.5, 0.6) is 5.75 Å². The zero-order valence-electron chi connectivity index (χ0n) is 19.9. The summed E-state index contributed by atoms with van der Waals surface area (Å²) in [6.45, 7) is 5.74. The molecule has 0 amide bonds. The number of sulfonamides is 1. The second-order valence-corrected chi connectivity index (χ2v) is 10.5.